The number of thiophene rings is 1. The Labute approximate surface area is 328 Å². The molecule has 56 heavy (non-hydrogen) atoms. The molecular weight excluding hydrogens is 701 g/mol. The molecule has 0 aliphatic heterocycles. The van der Waals surface area contributed by atoms with Crippen LogP contribution in [0.3, 0.4) is 0 Å². The first kappa shape index (κ1) is 32.3. The van der Waals surface area contributed by atoms with Crippen LogP contribution < -0.4 is 9.80 Å². The van der Waals surface area contributed by atoms with Gasteiger partial charge in [-0.3, -0.25) is 0 Å². The van der Waals surface area contributed by atoms with Crippen molar-refractivity contribution in [3.8, 4) is 11.1 Å². The average molecular weight is 735 g/mol. The predicted molar refractivity (Wildman–Crippen MR) is 239 cm³/mol. The maximum Gasteiger partial charge on any atom is 0.159 e. The third-order valence-corrected chi connectivity index (χ3v) is 12.0. The second-order valence-corrected chi connectivity index (χ2v) is 15.2. The SMILES string of the molecule is c1ccc(N(c2ccc(-c3ccc(N(c4ccccc4)c4cccc5sc6ccccc6c45)cc3)c3ccccc23)c2cccc3c2oc2ccccc23)cc1. The highest BCUT2D eigenvalue weighted by Gasteiger charge is 2.22. The lowest BCUT2D eigenvalue weighted by Gasteiger charge is -2.28. The Kier molecular flexibility index (Phi) is 7.68. The number of benzene rings is 9. The molecule has 0 saturated carbocycles. The van der Waals surface area contributed by atoms with Gasteiger partial charge in [0.25, 0.3) is 0 Å². The lowest BCUT2D eigenvalue weighted by Crippen LogP contribution is -2.11. The molecule has 3 nitrogen and oxygen atoms in total. The van der Waals surface area contributed by atoms with Crippen molar-refractivity contribution in [2.24, 2.45) is 0 Å². The normalized spacial score (nSPS) is 11.6. The monoisotopic (exact) mass is 734 g/mol. The van der Waals surface area contributed by atoms with Gasteiger partial charge in [-0.2, -0.15) is 0 Å². The van der Waals surface area contributed by atoms with Crippen molar-refractivity contribution in [2.45, 2.75) is 0 Å². The summed E-state index contributed by atoms with van der Waals surface area (Å²) >= 11 is 1.85. The molecule has 0 radical (unpaired) electrons. The Morgan fingerprint density at radius 1 is 0.339 bits per heavy atom. The summed E-state index contributed by atoms with van der Waals surface area (Å²) in [4.78, 5) is 4.73. The molecular formula is C52H34N2OS. The van der Waals surface area contributed by atoms with Crippen molar-refractivity contribution in [1.82, 2.24) is 0 Å². The summed E-state index contributed by atoms with van der Waals surface area (Å²) in [7, 11) is 0. The van der Waals surface area contributed by atoms with E-state index in [1.165, 1.54) is 36.8 Å². The van der Waals surface area contributed by atoms with E-state index in [2.05, 4.69) is 204 Å². The molecule has 0 amide bonds. The maximum absolute atomic E-state index is 6.60. The van der Waals surface area contributed by atoms with E-state index in [1.807, 2.05) is 23.5 Å². The molecule has 0 unspecified atom stereocenters. The topological polar surface area (TPSA) is 19.6 Å². The molecule has 0 N–H and O–H groups in total. The zero-order valence-electron chi connectivity index (χ0n) is 30.3. The molecule has 0 saturated heterocycles. The Morgan fingerprint density at radius 2 is 0.911 bits per heavy atom. The number of para-hydroxylation sites is 4. The smallest absolute Gasteiger partial charge is 0.159 e. The maximum atomic E-state index is 6.60. The summed E-state index contributed by atoms with van der Waals surface area (Å²) in [6, 6.07) is 73.8. The Morgan fingerprint density at radius 3 is 1.70 bits per heavy atom. The van der Waals surface area contributed by atoms with Gasteiger partial charge in [-0.15, -0.1) is 11.3 Å². The largest absolute Gasteiger partial charge is 0.454 e. The lowest BCUT2D eigenvalue weighted by atomic mass is 9.96. The first-order valence-electron chi connectivity index (χ1n) is 18.9. The van der Waals surface area contributed by atoms with E-state index in [4.69, 9.17) is 4.42 Å². The zero-order chi connectivity index (χ0) is 37.0. The Hall–Kier alpha value is -7.14. The molecule has 2 heterocycles. The van der Waals surface area contributed by atoms with Gasteiger partial charge in [-0.05, 0) is 89.3 Å². The van der Waals surface area contributed by atoms with Gasteiger partial charge >= 0.3 is 0 Å². The van der Waals surface area contributed by atoms with Crippen LogP contribution in [-0.2, 0) is 0 Å². The minimum atomic E-state index is 0.871. The Bertz CT molecular complexity index is 3200. The van der Waals surface area contributed by atoms with Gasteiger partial charge < -0.3 is 14.2 Å². The summed E-state index contributed by atoms with van der Waals surface area (Å²) in [6.07, 6.45) is 0. The first-order chi connectivity index (χ1) is 27.8. The van der Waals surface area contributed by atoms with Crippen molar-refractivity contribution in [3.63, 3.8) is 0 Å². The lowest BCUT2D eigenvalue weighted by molar-refractivity contribution is 0.669. The van der Waals surface area contributed by atoms with Gasteiger partial charge in [0.1, 0.15) is 5.58 Å². The summed E-state index contributed by atoms with van der Waals surface area (Å²) in [5.74, 6) is 0. The molecule has 11 rings (SSSR count). The van der Waals surface area contributed by atoms with Crippen molar-refractivity contribution >= 4 is 98.3 Å². The average Bonchev–Trinajstić information content (AvgIpc) is 3.85. The van der Waals surface area contributed by atoms with Crippen LogP contribution in [0.1, 0.15) is 0 Å². The van der Waals surface area contributed by atoms with Crippen LogP contribution in [0.4, 0.5) is 34.1 Å². The van der Waals surface area contributed by atoms with Crippen LogP contribution in [0.5, 0.6) is 0 Å². The molecule has 9 aromatic carbocycles. The zero-order valence-corrected chi connectivity index (χ0v) is 31.2. The van der Waals surface area contributed by atoms with Crippen molar-refractivity contribution in [3.05, 3.63) is 206 Å². The number of hydrogen-bond donors (Lipinski definition) is 0. The third-order valence-electron chi connectivity index (χ3n) is 10.9. The Balaban J connectivity index is 1.05. The van der Waals surface area contributed by atoms with E-state index in [9.17, 15) is 0 Å². The second kappa shape index (κ2) is 13.3. The predicted octanol–water partition coefficient (Wildman–Crippen LogP) is 15.7. The number of nitrogens with zero attached hydrogens (tertiary/aromatic N) is 2. The number of fused-ring (bicyclic) bond motifs is 7. The molecule has 11 aromatic rings. The summed E-state index contributed by atoms with van der Waals surface area (Å²) in [5.41, 5.74) is 10.7. The highest BCUT2D eigenvalue weighted by molar-refractivity contribution is 7.26. The van der Waals surface area contributed by atoms with E-state index in [0.717, 1.165) is 61.3 Å². The number of furan rings is 1. The first-order valence-corrected chi connectivity index (χ1v) is 19.7. The van der Waals surface area contributed by atoms with Gasteiger partial charge in [-0.1, -0.05) is 133 Å². The molecule has 264 valence electrons. The van der Waals surface area contributed by atoms with Crippen molar-refractivity contribution < 1.29 is 4.42 Å². The van der Waals surface area contributed by atoms with Gasteiger partial charge in [0, 0.05) is 53.4 Å². The van der Waals surface area contributed by atoms with Gasteiger partial charge in [0.15, 0.2) is 5.58 Å². The van der Waals surface area contributed by atoms with E-state index >= 15 is 0 Å². The molecule has 2 aromatic heterocycles. The van der Waals surface area contributed by atoms with E-state index < -0.39 is 0 Å². The van der Waals surface area contributed by atoms with Gasteiger partial charge in [0.05, 0.1) is 17.1 Å². The number of rotatable bonds is 7. The highest BCUT2D eigenvalue weighted by atomic mass is 32.1. The molecule has 0 bridgehead atoms. The summed E-state index contributed by atoms with van der Waals surface area (Å²) < 4.78 is 9.19. The van der Waals surface area contributed by atoms with Gasteiger partial charge in [0.2, 0.25) is 0 Å². The van der Waals surface area contributed by atoms with Crippen LogP contribution in [0, 0.1) is 0 Å². The van der Waals surface area contributed by atoms with E-state index in [0.29, 0.717) is 0 Å². The standard InChI is InChI=1S/C52H34N2OS/c1-3-15-36(16-4-1)53(46-24-14-28-50-51(46)44-22-10-12-27-49(44)56-50)38-31-29-35(30-32-38)39-33-34-45(41-20-8-7-19-40(39)41)54(37-17-5-2-6-18-37)47-25-13-23-43-42-21-9-11-26-48(42)55-52(43)47/h1-34H. The van der Waals surface area contributed by atoms with E-state index in [1.54, 1.807) is 0 Å². The fourth-order valence-electron chi connectivity index (χ4n) is 8.36. The summed E-state index contributed by atoms with van der Waals surface area (Å²) in [5, 5.41) is 7.13. The minimum Gasteiger partial charge on any atom is -0.454 e. The molecule has 4 heteroatoms. The van der Waals surface area contributed by atoms with Gasteiger partial charge in [-0.25, -0.2) is 0 Å². The van der Waals surface area contributed by atoms with Crippen LogP contribution in [0.25, 0.3) is 64.0 Å². The van der Waals surface area contributed by atoms with E-state index in [-0.39, 0.29) is 0 Å². The van der Waals surface area contributed by atoms with Crippen LogP contribution in [0.2, 0.25) is 0 Å². The number of anilines is 6. The molecule has 0 aliphatic carbocycles. The minimum absolute atomic E-state index is 0.871. The fourth-order valence-corrected chi connectivity index (χ4v) is 9.49. The quantitative estimate of drug-likeness (QED) is 0.163. The molecule has 0 aliphatic rings. The number of hydrogen-bond acceptors (Lipinski definition) is 4. The van der Waals surface area contributed by atoms with Crippen LogP contribution in [-0.4, -0.2) is 0 Å². The second-order valence-electron chi connectivity index (χ2n) is 14.1. The molecule has 0 atom stereocenters. The van der Waals surface area contributed by atoms with Crippen molar-refractivity contribution in [2.75, 3.05) is 9.80 Å². The van der Waals surface area contributed by atoms with Crippen LogP contribution in [0.15, 0.2) is 211 Å². The molecule has 0 fully saturated rings. The highest BCUT2D eigenvalue weighted by Crippen LogP contribution is 2.47. The summed E-state index contributed by atoms with van der Waals surface area (Å²) in [6.45, 7) is 0. The fraction of sp³-hybridized carbons (Fsp3) is 0. The third kappa shape index (κ3) is 5.26. The van der Waals surface area contributed by atoms with Crippen molar-refractivity contribution in [1.29, 1.82) is 0 Å². The van der Waals surface area contributed by atoms with Crippen LogP contribution >= 0.6 is 11.3 Å². The molecule has 0 spiro atoms.